The maximum absolute atomic E-state index is 13.1. The monoisotopic (exact) mass is 366 g/mol. The number of para-hydroxylation sites is 1. The molecular weight excluding hydrogens is 344 g/mol. The Bertz CT molecular complexity index is 889. The van der Waals surface area contributed by atoms with E-state index >= 15 is 0 Å². The standard InChI is InChI=1S/C22H22N2O.ClH/c25-22(13-16-7-6-12-23-15-16)19-14-21(17-8-2-1-3-9-17)24-20-11-5-4-10-18(19)20;/h1-5,8-11,14,16,23H,6-7,12-13,15H2;1H. The van der Waals surface area contributed by atoms with Crippen molar-refractivity contribution >= 4 is 29.1 Å². The number of pyridine rings is 1. The molecule has 0 bridgehead atoms. The Hall–Kier alpha value is -2.23. The van der Waals surface area contributed by atoms with Gasteiger partial charge in [-0.25, -0.2) is 4.98 Å². The van der Waals surface area contributed by atoms with Crippen molar-refractivity contribution in [3.63, 3.8) is 0 Å². The third-order valence-electron chi connectivity index (χ3n) is 4.96. The van der Waals surface area contributed by atoms with Crippen molar-refractivity contribution < 1.29 is 4.79 Å². The average Bonchev–Trinajstić information content (AvgIpc) is 2.68. The fourth-order valence-electron chi connectivity index (χ4n) is 3.63. The van der Waals surface area contributed by atoms with Gasteiger partial charge in [-0.15, -0.1) is 12.4 Å². The van der Waals surface area contributed by atoms with E-state index in [2.05, 4.69) is 5.32 Å². The van der Waals surface area contributed by atoms with Gasteiger partial charge in [-0.1, -0.05) is 48.5 Å². The van der Waals surface area contributed by atoms with Crippen molar-refractivity contribution in [2.45, 2.75) is 19.3 Å². The van der Waals surface area contributed by atoms with Crippen LogP contribution in [0.1, 0.15) is 29.6 Å². The van der Waals surface area contributed by atoms with E-state index in [0.717, 1.165) is 53.7 Å². The number of hydrogen-bond acceptors (Lipinski definition) is 3. The summed E-state index contributed by atoms with van der Waals surface area (Å²) in [6.07, 6.45) is 2.90. The molecule has 1 N–H and O–H groups in total. The van der Waals surface area contributed by atoms with Crippen LogP contribution in [0.25, 0.3) is 22.2 Å². The summed E-state index contributed by atoms with van der Waals surface area (Å²) in [6, 6.07) is 20.0. The lowest BCUT2D eigenvalue weighted by atomic mass is 9.90. The quantitative estimate of drug-likeness (QED) is 0.668. The minimum absolute atomic E-state index is 0. The molecule has 3 aromatic rings. The van der Waals surface area contributed by atoms with Crippen LogP contribution in [0, 0.1) is 5.92 Å². The van der Waals surface area contributed by atoms with E-state index in [0.29, 0.717) is 12.3 Å². The van der Waals surface area contributed by atoms with Gasteiger partial charge in [-0.2, -0.15) is 0 Å². The minimum atomic E-state index is 0. The lowest BCUT2D eigenvalue weighted by molar-refractivity contribution is 0.0955. The molecule has 1 fully saturated rings. The number of ketones is 1. The first-order valence-electron chi connectivity index (χ1n) is 9.00. The maximum atomic E-state index is 13.1. The fourth-order valence-corrected chi connectivity index (χ4v) is 3.63. The molecule has 1 aliphatic heterocycles. The molecule has 0 radical (unpaired) electrons. The number of fused-ring (bicyclic) bond motifs is 1. The van der Waals surface area contributed by atoms with Gasteiger partial charge in [-0.3, -0.25) is 4.79 Å². The van der Waals surface area contributed by atoms with Crippen molar-refractivity contribution in [2.24, 2.45) is 5.92 Å². The number of rotatable bonds is 4. The van der Waals surface area contributed by atoms with Crippen molar-refractivity contribution in [1.29, 1.82) is 0 Å². The SMILES string of the molecule is Cl.O=C(CC1CCCNC1)c1cc(-c2ccccc2)nc2ccccc12. The highest BCUT2D eigenvalue weighted by Gasteiger charge is 2.20. The zero-order chi connectivity index (χ0) is 17.1. The molecule has 4 heteroatoms. The molecular formula is C22H23ClN2O. The number of benzene rings is 2. The summed E-state index contributed by atoms with van der Waals surface area (Å²) >= 11 is 0. The highest BCUT2D eigenvalue weighted by molar-refractivity contribution is 6.08. The number of nitrogens with zero attached hydrogens (tertiary/aromatic N) is 1. The normalized spacial score (nSPS) is 16.8. The molecule has 2 aromatic carbocycles. The van der Waals surface area contributed by atoms with E-state index < -0.39 is 0 Å². The van der Waals surface area contributed by atoms with Crippen molar-refractivity contribution in [2.75, 3.05) is 13.1 Å². The van der Waals surface area contributed by atoms with E-state index in [9.17, 15) is 4.79 Å². The van der Waals surface area contributed by atoms with Crippen LogP contribution >= 0.6 is 12.4 Å². The first-order chi connectivity index (χ1) is 12.3. The van der Waals surface area contributed by atoms with E-state index in [1.54, 1.807) is 0 Å². The fraction of sp³-hybridized carbons (Fsp3) is 0.273. The molecule has 3 nitrogen and oxygen atoms in total. The summed E-state index contributed by atoms with van der Waals surface area (Å²) in [5, 5.41) is 4.36. The number of hydrogen-bond donors (Lipinski definition) is 1. The van der Waals surface area contributed by atoms with Crippen molar-refractivity contribution in [3.8, 4) is 11.3 Å². The van der Waals surface area contributed by atoms with Crippen molar-refractivity contribution in [3.05, 3.63) is 66.2 Å². The van der Waals surface area contributed by atoms with Gasteiger partial charge < -0.3 is 5.32 Å². The lowest BCUT2D eigenvalue weighted by Crippen LogP contribution is -2.31. The third-order valence-corrected chi connectivity index (χ3v) is 4.96. The molecule has 1 unspecified atom stereocenters. The van der Waals surface area contributed by atoms with Crippen LogP contribution in [0.3, 0.4) is 0 Å². The van der Waals surface area contributed by atoms with Gasteiger partial charge in [-0.05, 0) is 44.0 Å². The number of carbonyl (C=O) groups excluding carboxylic acids is 1. The Labute approximate surface area is 160 Å². The third kappa shape index (κ3) is 3.95. The summed E-state index contributed by atoms with van der Waals surface area (Å²) in [7, 11) is 0. The molecule has 2 heterocycles. The van der Waals surface area contributed by atoms with E-state index in [4.69, 9.17) is 4.98 Å². The summed E-state index contributed by atoms with van der Waals surface area (Å²) < 4.78 is 0. The second-order valence-electron chi connectivity index (χ2n) is 6.78. The smallest absolute Gasteiger partial charge is 0.163 e. The molecule has 0 saturated carbocycles. The second kappa shape index (κ2) is 8.43. The van der Waals surface area contributed by atoms with Gasteiger partial charge in [0.05, 0.1) is 11.2 Å². The number of carbonyl (C=O) groups is 1. The Morgan fingerprint density at radius 3 is 2.62 bits per heavy atom. The maximum Gasteiger partial charge on any atom is 0.163 e. The van der Waals surface area contributed by atoms with Crippen LogP contribution in [0.15, 0.2) is 60.7 Å². The predicted molar refractivity (Wildman–Crippen MR) is 109 cm³/mol. The summed E-state index contributed by atoms with van der Waals surface area (Å²) in [4.78, 5) is 17.8. The molecule has 1 atom stereocenters. The van der Waals surface area contributed by atoms with E-state index in [-0.39, 0.29) is 18.2 Å². The molecule has 1 saturated heterocycles. The van der Waals surface area contributed by atoms with Crippen molar-refractivity contribution in [1.82, 2.24) is 10.3 Å². The van der Waals surface area contributed by atoms with Crippen LogP contribution in [-0.4, -0.2) is 23.9 Å². The zero-order valence-corrected chi connectivity index (χ0v) is 15.5. The first kappa shape index (κ1) is 18.6. The summed E-state index contributed by atoms with van der Waals surface area (Å²) in [6.45, 7) is 2.02. The van der Waals surface area contributed by atoms with Gasteiger partial charge in [0, 0.05) is 22.9 Å². The molecule has 0 aliphatic carbocycles. The Kier molecular flexibility index (Phi) is 6.02. The van der Waals surface area contributed by atoms with Gasteiger partial charge >= 0.3 is 0 Å². The molecule has 4 rings (SSSR count). The van der Waals surface area contributed by atoms with E-state index in [1.165, 1.54) is 0 Å². The molecule has 26 heavy (non-hydrogen) atoms. The van der Waals surface area contributed by atoms with Crippen LogP contribution in [0.2, 0.25) is 0 Å². The average molecular weight is 367 g/mol. The van der Waals surface area contributed by atoms with Gasteiger partial charge in [0.1, 0.15) is 0 Å². The minimum Gasteiger partial charge on any atom is -0.316 e. The first-order valence-corrected chi connectivity index (χ1v) is 9.00. The predicted octanol–water partition coefficient (Wildman–Crippen LogP) is 4.90. The highest BCUT2D eigenvalue weighted by Crippen LogP contribution is 2.27. The van der Waals surface area contributed by atoms with Crippen LogP contribution in [-0.2, 0) is 0 Å². The highest BCUT2D eigenvalue weighted by atomic mass is 35.5. The molecule has 0 amide bonds. The Morgan fingerprint density at radius 2 is 1.85 bits per heavy atom. The number of piperidine rings is 1. The number of aromatic nitrogens is 1. The van der Waals surface area contributed by atoms with Gasteiger partial charge in [0.15, 0.2) is 5.78 Å². The topological polar surface area (TPSA) is 42.0 Å². The second-order valence-corrected chi connectivity index (χ2v) is 6.78. The van der Waals surface area contributed by atoms with Crippen LogP contribution < -0.4 is 5.32 Å². The van der Waals surface area contributed by atoms with Crippen LogP contribution in [0.5, 0.6) is 0 Å². The number of nitrogens with one attached hydrogen (secondary N) is 1. The van der Waals surface area contributed by atoms with Gasteiger partial charge in [0.2, 0.25) is 0 Å². The van der Waals surface area contributed by atoms with Crippen LogP contribution in [0.4, 0.5) is 0 Å². The molecule has 0 spiro atoms. The summed E-state index contributed by atoms with van der Waals surface area (Å²) in [5.41, 5.74) is 3.59. The number of halogens is 1. The number of Topliss-reactive ketones (excluding diaryl/α,β-unsaturated/α-hetero) is 1. The Morgan fingerprint density at radius 1 is 1.08 bits per heavy atom. The Balaban J connectivity index is 0.00000196. The van der Waals surface area contributed by atoms with Gasteiger partial charge in [0.25, 0.3) is 0 Å². The summed E-state index contributed by atoms with van der Waals surface area (Å²) in [5.74, 6) is 0.665. The largest absolute Gasteiger partial charge is 0.316 e. The lowest BCUT2D eigenvalue weighted by Gasteiger charge is -2.22. The molecule has 134 valence electrons. The van der Waals surface area contributed by atoms with E-state index in [1.807, 2.05) is 60.7 Å². The zero-order valence-electron chi connectivity index (χ0n) is 14.7. The molecule has 1 aliphatic rings. The molecule has 1 aromatic heterocycles.